The third-order valence-electron chi connectivity index (χ3n) is 11.7. The van der Waals surface area contributed by atoms with Crippen molar-refractivity contribution in [3.8, 4) is 33.4 Å². The largest absolute Gasteiger partial charge is 0.311 e. The third kappa shape index (κ3) is 7.01. The van der Waals surface area contributed by atoms with Crippen molar-refractivity contribution in [2.45, 2.75) is 0 Å². The van der Waals surface area contributed by atoms with Gasteiger partial charge in [-0.05, 0) is 112 Å². The van der Waals surface area contributed by atoms with E-state index in [9.17, 15) is 0 Å². The highest BCUT2D eigenvalue weighted by atomic mass is 32.1. The highest BCUT2D eigenvalue weighted by Crippen LogP contribution is 2.43. The molecule has 0 radical (unpaired) electrons. The molecule has 0 saturated heterocycles. The third-order valence-corrected chi connectivity index (χ3v) is 12.8. The number of hydrogen-bond donors (Lipinski definition) is 0. The van der Waals surface area contributed by atoms with Gasteiger partial charge in [-0.3, -0.25) is 0 Å². The Labute approximate surface area is 360 Å². The Bertz CT molecular complexity index is 3260. The first-order valence-electron chi connectivity index (χ1n) is 20.7. The topological polar surface area (TPSA) is 6.48 Å². The van der Waals surface area contributed by atoms with Gasteiger partial charge in [-0.15, -0.1) is 11.3 Å². The maximum Gasteiger partial charge on any atom is 0.0540 e. The second-order valence-corrected chi connectivity index (χ2v) is 16.5. The van der Waals surface area contributed by atoms with E-state index in [-0.39, 0.29) is 0 Å². The number of nitrogens with zero attached hydrogens (tertiary/aromatic N) is 2. The highest BCUT2D eigenvalue weighted by molar-refractivity contribution is 7.25. The van der Waals surface area contributed by atoms with E-state index in [1.165, 1.54) is 64.3 Å². The van der Waals surface area contributed by atoms with Crippen LogP contribution in [0.25, 0.3) is 64.3 Å². The van der Waals surface area contributed by atoms with Gasteiger partial charge in [0.15, 0.2) is 0 Å². The SMILES string of the molecule is c1ccc(-c2ccc(-c3ccc(N(c4ccccc4)c4ccc(-c5ccc(N(c6ccc7c(c6)sc6ccccc67)c6cccc7ccccc67)cc5)cc4)cc3)cc2)cc1. The molecule has 0 aliphatic heterocycles. The molecule has 0 aliphatic carbocycles. The number of hydrogen-bond acceptors (Lipinski definition) is 3. The Balaban J connectivity index is 0.905. The number of benzene rings is 10. The molecule has 61 heavy (non-hydrogen) atoms. The van der Waals surface area contributed by atoms with E-state index in [2.05, 4.69) is 252 Å². The molecule has 0 fully saturated rings. The second kappa shape index (κ2) is 15.8. The predicted octanol–water partition coefficient (Wildman–Crippen LogP) is 17.1. The van der Waals surface area contributed by atoms with Gasteiger partial charge < -0.3 is 9.80 Å². The van der Waals surface area contributed by atoms with Crippen LogP contribution in [-0.4, -0.2) is 0 Å². The first-order valence-corrected chi connectivity index (χ1v) is 21.6. The summed E-state index contributed by atoms with van der Waals surface area (Å²) < 4.78 is 2.60. The van der Waals surface area contributed by atoms with Gasteiger partial charge in [0.1, 0.15) is 0 Å². The quantitative estimate of drug-likeness (QED) is 0.144. The van der Waals surface area contributed by atoms with Crippen molar-refractivity contribution in [3.63, 3.8) is 0 Å². The summed E-state index contributed by atoms with van der Waals surface area (Å²) in [6, 6.07) is 87.7. The van der Waals surface area contributed by atoms with E-state index in [4.69, 9.17) is 0 Å². The fourth-order valence-corrected chi connectivity index (χ4v) is 9.74. The Morgan fingerprint density at radius 3 is 1.26 bits per heavy atom. The molecule has 0 saturated carbocycles. The van der Waals surface area contributed by atoms with Gasteiger partial charge >= 0.3 is 0 Å². The molecule has 1 heterocycles. The molecular formula is C58H40N2S. The van der Waals surface area contributed by atoms with Crippen molar-refractivity contribution >= 4 is 76.4 Å². The van der Waals surface area contributed by atoms with E-state index in [0.717, 1.165) is 34.1 Å². The van der Waals surface area contributed by atoms with Crippen molar-refractivity contribution in [1.82, 2.24) is 0 Å². The van der Waals surface area contributed by atoms with Crippen LogP contribution in [0.4, 0.5) is 34.1 Å². The van der Waals surface area contributed by atoms with Crippen LogP contribution in [0.3, 0.4) is 0 Å². The maximum absolute atomic E-state index is 2.40. The first kappa shape index (κ1) is 36.4. The number of anilines is 6. The van der Waals surface area contributed by atoms with Crippen molar-refractivity contribution in [2.75, 3.05) is 9.80 Å². The zero-order valence-corrected chi connectivity index (χ0v) is 34.2. The lowest BCUT2D eigenvalue weighted by Crippen LogP contribution is -2.10. The highest BCUT2D eigenvalue weighted by Gasteiger charge is 2.18. The molecule has 0 atom stereocenters. The minimum Gasteiger partial charge on any atom is -0.311 e. The standard InChI is InChI=1S/C58H40N2S/c1-3-12-41(13-4-1)42-22-24-43(25-23-42)44-26-32-49(33-27-44)59(48-16-5-2-6-17-48)50-34-28-45(29-35-50)46-30-36-51(37-31-46)60(56-20-11-15-47-14-7-8-18-53(47)56)52-38-39-55-54-19-9-10-21-57(54)61-58(55)40-52/h1-40H. The van der Waals surface area contributed by atoms with Crippen molar-refractivity contribution < 1.29 is 0 Å². The molecule has 10 aromatic carbocycles. The van der Waals surface area contributed by atoms with Crippen LogP contribution in [0.15, 0.2) is 243 Å². The summed E-state index contributed by atoms with van der Waals surface area (Å²) in [5.41, 5.74) is 13.9. The number of para-hydroxylation sites is 1. The van der Waals surface area contributed by atoms with E-state index >= 15 is 0 Å². The Kier molecular flexibility index (Phi) is 9.42. The van der Waals surface area contributed by atoms with Crippen LogP contribution in [0.2, 0.25) is 0 Å². The van der Waals surface area contributed by atoms with Gasteiger partial charge in [-0.25, -0.2) is 0 Å². The molecular weight excluding hydrogens is 757 g/mol. The fourth-order valence-electron chi connectivity index (χ4n) is 8.60. The number of fused-ring (bicyclic) bond motifs is 4. The molecule has 0 spiro atoms. The van der Waals surface area contributed by atoms with E-state index < -0.39 is 0 Å². The molecule has 0 N–H and O–H groups in total. The van der Waals surface area contributed by atoms with Gasteiger partial charge in [-0.2, -0.15) is 0 Å². The Hall–Kier alpha value is -7.72. The minimum atomic E-state index is 1.10. The van der Waals surface area contributed by atoms with E-state index in [0.29, 0.717) is 0 Å². The van der Waals surface area contributed by atoms with Crippen LogP contribution >= 0.6 is 11.3 Å². The van der Waals surface area contributed by atoms with Crippen molar-refractivity contribution in [1.29, 1.82) is 0 Å². The summed E-state index contributed by atoms with van der Waals surface area (Å²) in [6.45, 7) is 0. The smallest absolute Gasteiger partial charge is 0.0540 e. The molecule has 11 rings (SSSR count). The summed E-state index contributed by atoms with van der Waals surface area (Å²) in [5, 5.41) is 5.05. The Morgan fingerprint density at radius 2 is 0.656 bits per heavy atom. The average molecular weight is 797 g/mol. The molecule has 1 aromatic heterocycles. The second-order valence-electron chi connectivity index (χ2n) is 15.4. The van der Waals surface area contributed by atoms with Gasteiger partial charge in [-0.1, -0.05) is 170 Å². The van der Waals surface area contributed by atoms with Crippen LogP contribution in [0.1, 0.15) is 0 Å². The summed E-state index contributed by atoms with van der Waals surface area (Å²) in [6.07, 6.45) is 0. The molecule has 0 bridgehead atoms. The predicted molar refractivity (Wildman–Crippen MR) is 263 cm³/mol. The van der Waals surface area contributed by atoms with Gasteiger partial charge in [0.2, 0.25) is 0 Å². The van der Waals surface area contributed by atoms with Gasteiger partial charge in [0.25, 0.3) is 0 Å². The summed E-state index contributed by atoms with van der Waals surface area (Å²) >= 11 is 1.86. The van der Waals surface area contributed by atoms with Crippen molar-refractivity contribution in [3.05, 3.63) is 243 Å². The summed E-state index contributed by atoms with van der Waals surface area (Å²) in [4.78, 5) is 4.73. The molecule has 0 aliphatic rings. The zero-order chi connectivity index (χ0) is 40.5. The number of rotatable bonds is 9. The van der Waals surface area contributed by atoms with Gasteiger partial charge in [0, 0.05) is 54.0 Å². The lowest BCUT2D eigenvalue weighted by atomic mass is 10.00. The lowest BCUT2D eigenvalue weighted by Gasteiger charge is -2.27. The summed E-state index contributed by atoms with van der Waals surface area (Å²) in [7, 11) is 0. The molecule has 11 aromatic rings. The summed E-state index contributed by atoms with van der Waals surface area (Å²) in [5.74, 6) is 0. The molecule has 0 unspecified atom stereocenters. The van der Waals surface area contributed by atoms with Crippen molar-refractivity contribution in [2.24, 2.45) is 0 Å². The lowest BCUT2D eigenvalue weighted by molar-refractivity contribution is 1.28. The number of thiophene rings is 1. The molecule has 2 nitrogen and oxygen atoms in total. The first-order chi connectivity index (χ1) is 30.2. The fraction of sp³-hybridized carbons (Fsp3) is 0. The van der Waals surface area contributed by atoms with Crippen LogP contribution in [0, 0.1) is 0 Å². The minimum absolute atomic E-state index is 1.10. The molecule has 0 amide bonds. The monoisotopic (exact) mass is 796 g/mol. The molecule has 3 heteroatoms. The van der Waals surface area contributed by atoms with Crippen LogP contribution in [0.5, 0.6) is 0 Å². The zero-order valence-electron chi connectivity index (χ0n) is 33.4. The Morgan fingerprint density at radius 1 is 0.246 bits per heavy atom. The molecule has 288 valence electrons. The van der Waals surface area contributed by atoms with E-state index in [1.807, 2.05) is 11.3 Å². The average Bonchev–Trinajstić information content (AvgIpc) is 3.71. The van der Waals surface area contributed by atoms with Crippen LogP contribution < -0.4 is 9.80 Å². The van der Waals surface area contributed by atoms with E-state index in [1.54, 1.807) is 0 Å². The van der Waals surface area contributed by atoms with Gasteiger partial charge in [0.05, 0.1) is 5.69 Å². The maximum atomic E-state index is 2.40. The van der Waals surface area contributed by atoms with Crippen LogP contribution in [-0.2, 0) is 0 Å². The normalized spacial score (nSPS) is 11.3.